The van der Waals surface area contributed by atoms with Crippen molar-refractivity contribution < 1.29 is 5.11 Å². The van der Waals surface area contributed by atoms with Crippen LogP contribution in [0.25, 0.3) is 0 Å². The molecular formula is C15H32N2O. The molecule has 1 saturated heterocycles. The molecule has 0 aliphatic carbocycles. The van der Waals surface area contributed by atoms with Crippen LogP contribution >= 0.6 is 0 Å². The lowest BCUT2D eigenvalue weighted by Crippen LogP contribution is -2.38. The number of hydrogen-bond donors (Lipinski definition) is 2. The quantitative estimate of drug-likeness (QED) is 0.589. The molecule has 0 amide bonds. The van der Waals surface area contributed by atoms with Crippen molar-refractivity contribution in [2.24, 2.45) is 0 Å². The van der Waals surface area contributed by atoms with Crippen molar-refractivity contribution >= 4 is 0 Å². The molecule has 1 heterocycles. The topological polar surface area (TPSA) is 35.5 Å². The molecule has 0 aromatic carbocycles. The van der Waals surface area contributed by atoms with E-state index in [1.165, 1.54) is 58.0 Å². The van der Waals surface area contributed by atoms with Crippen LogP contribution < -0.4 is 5.32 Å². The van der Waals surface area contributed by atoms with E-state index in [-0.39, 0.29) is 0 Å². The van der Waals surface area contributed by atoms with E-state index in [0.29, 0.717) is 6.61 Å². The highest BCUT2D eigenvalue weighted by atomic mass is 16.2. The van der Waals surface area contributed by atoms with Gasteiger partial charge in [-0.25, -0.2) is 0 Å². The Bertz CT molecular complexity index is 187. The van der Waals surface area contributed by atoms with Crippen molar-refractivity contribution in [3.63, 3.8) is 0 Å². The number of likely N-dealkylation sites (tertiary alicyclic amines) is 1. The Morgan fingerprint density at radius 1 is 1.06 bits per heavy atom. The zero-order valence-electron chi connectivity index (χ0n) is 12.2. The number of nitrogens with zero attached hydrogens (tertiary/aromatic N) is 1. The zero-order valence-corrected chi connectivity index (χ0v) is 12.2. The van der Waals surface area contributed by atoms with Crippen molar-refractivity contribution in [1.82, 2.24) is 10.2 Å². The first-order valence-corrected chi connectivity index (χ1v) is 7.90. The fourth-order valence-corrected chi connectivity index (χ4v) is 2.74. The average molecular weight is 256 g/mol. The fraction of sp³-hybridized carbons (Fsp3) is 1.00. The number of aliphatic hydroxyl groups excluding tert-OH is 1. The van der Waals surface area contributed by atoms with E-state index in [0.717, 1.165) is 25.6 Å². The molecule has 0 aromatic heterocycles. The molecule has 1 fully saturated rings. The van der Waals surface area contributed by atoms with E-state index in [4.69, 9.17) is 5.11 Å². The summed E-state index contributed by atoms with van der Waals surface area (Å²) in [7, 11) is 0. The lowest BCUT2D eigenvalue weighted by Gasteiger charge is -2.33. The summed E-state index contributed by atoms with van der Waals surface area (Å²) in [4.78, 5) is 2.65. The number of hydrogen-bond acceptors (Lipinski definition) is 3. The molecule has 1 rings (SSSR count). The molecule has 3 nitrogen and oxygen atoms in total. The summed E-state index contributed by atoms with van der Waals surface area (Å²) in [6.07, 6.45) is 10.1. The third-order valence-electron chi connectivity index (χ3n) is 4.00. The van der Waals surface area contributed by atoms with Crippen LogP contribution in [0.15, 0.2) is 0 Å². The Hall–Kier alpha value is -0.120. The minimum Gasteiger partial charge on any atom is -0.396 e. The van der Waals surface area contributed by atoms with Crippen LogP contribution in [-0.4, -0.2) is 48.8 Å². The van der Waals surface area contributed by atoms with Crippen LogP contribution in [0.1, 0.15) is 58.3 Å². The smallest absolute Gasteiger partial charge is 0.0431 e. The van der Waals surface area contributed by atoms with Gasteiger partial charge >= 0.3 is 0 Å². The van der Waals surface area contributed by atoms with Crippen LogP contribution in [0.2, 0.25) is 0 Å². The number of rotatable bonds is 10. The number of nitrogens with one attached hydrogen (secondary N) is 1. The number of aliphatic hydroxyl groups is 1. The van der Waals surface area contributed by atoms with Crippen LogP contribution in [0.3, 0.4) is 0 Å². The van der Waals surface area contributed by atoms with E-state index in [1.807, 2.05) is 0 Å². The molecule has 108 valence electrons. The van der Waals surface area contributed by atoms with Crippen LogP contribution in [0, 0.1) is 0 Å². The normalized spacial score (nSPS) is 21.3. The molecule has 0 aromatic rings. The van der Waals surface area contributed by atoms with E-state index in [9.17, 15) is 0 Å². The second-order valence-corrected chi connectivity index (χ2v) is 5.62. The van der Waals surface area contributed by atoms with Crippen molar-refractivity contribution in [2.75, 3.05) is 32.8 Å². The van der Waals surface area contributed by atoms with Gasteiger partial charge in [0.2, 0.25) is 0 Å². The number of unbranched alkanes of at least 4 members (excludes halogenated alkanes) is 3. The Morgan fingerprint density at radius 2 is 1.83 bits per heavy atom. The maximum atomic E-state index is 8.66. The molecular weight excluding hydrogens is 224 g/mol. The summed E-state index contributed by atoms with van der Waals surface area (Å²) in [5.74, 6) is 0. The van der Waals surface area contributed by atoms with Crippen molar-refractivity contribution in [1.29, 1.82) is 0 Å². The molecule has 0 spiro atoms. The van der Waals surface area contributed by atoms with Gasteiger partial charge in [0.1, 0.15) is 0 Å². The molecule has 1 aliphatic rings. The minimum atomic E-state index is 0.349. The SMILES string of the molecule is CC1CCCCN1CCCNCCCCCCO. The summed E-state index contributed by atoms with van der Waals surface area (Å²) in [6.45, 7) is 7.58. The highest BCUT2D eigenvalue weighted by Crippen LogP contribution is 2.15. The van der Waals surface area contributed by atoms with Gasteiger partial charge in [-0.15, -0.1) is 0 Å². The fourth-order valence-electron chi connectivity index (χ4n) is 2.74. The molecule has 1 aliphatic heterocycles. The largest absolute Gasteiger partial charge is 0.396 e. The van der Waals surface area contributed by atoms with Gasteiger partial charge in [-0.3, -0.25) is 0 Å². The van der Waals surface area contributed by atoms with Crippen molar-refractivity contribution in [2.45, 2.75) is 64.3 Å². The van der Waals surface area contributed by atoms with Gasteiger partial charge in [-0.05, 0) is 65.2 Å². The van der Waals surface area contributed by atoms with Gasteiger partial charge in [0, 0.05) is 12.6 Å². The molecule has 0 bridgehead atoms. The molecule has 18 heavy (non-hydrogen) atoms. The van der Waals surface area contributed by atoms with Crippen LogP contribution in [0.4, 0.5) is 0 Å². The first-order chi connectivity index (χ1) is 8.84. The molecule has 1 unspecified atom stereocenters. The molecule has 2 N–H and O–H groups in total. The lowest BCUT2D eigenvalue weighted by atomic mass is 10.0. The average Bonchev–Trinajstić information content (AvgIpc) is 2.39. The molecule has 3 heteroatoms. The third-order valence-corrected chi connectivity index (χ3v) is 4.00. The van der Waals surface area contributed by atoms with Gasteiger partial charge in [0.25, 0.3) is 0 Å². The maximum absolute atomic E-state index is 8.66. The van der Waals surface area contributed by atoms with Gasteiger partial charge < -0.3 is 15.3 Å². The van der Waals surface area contributed by atoms with E-state index < -0.39 is 0 Å². The Labute approximate surface area is 113 Å². The molecule has 0 radical (unpaired) electrons. The molecule has 1 atom stereocenters. The highest BCUT2D eigenvalue weighted by molar-refractivity contribution is 4.72. The van der Waals surface area contributed by atoms with Gasteiger partial charge in [0.15, 0.2) is 0 Å². The first kappa shape index (κ1) is 15.9. The predicted octanol–water partition coefficient (Wildman–Crippen LogP) is 2.39. The van der Waals surface area contributed by atoms with Gasteiger partial charge in [0.05, 0.1) is 0 Å². The van der Waals surface area contributed by atoms with Gasteiger partial charge in [-0.2, -0.15) is 0 Å². The predicted molar refractivity (Wildman–Crippen MR) is 77.9 cm³/mol. The second kappa shape index (κ2) is 10.8. The number of piperidine rings is 1. The third kappa shape index (κ3) is 7.34. The van der Waals surface area contributed by atoms with E-state index in [2.05, 4.69) is 17.1 Å². The van der Waals surface area contributed by atoms with Crippen LogP contribution in [0.5, 0.6) is 0 Å². The summed E-state index contributed by atoms with van der Waals surface area (Å²) in [5, 5.41) is 12.2. The monoisotopic (exact) mass is 256 g/mol. The Balaban J connectivity index is 1.83. The zero-order chi connectivity index (χ0) is 13.1. The van der Waals surface area contributed by atoms with Gasteiger partial charge in [-0.1, -0.05) is 19.3 Å². The highest BCUT2D eigenvalue weighted by Gasteiger charge is 2.16. The Kier molecular flexibility index (Phi) is 9.54. The van der Waals surface area contributed by atoms with Crippen LogP contribution in [-0.2, 0) is 0 Å². The Morgan fingerprint density at radius 3 is 2.61 bits per heavy atom. The van der Waals surface area contributed by atoms with E-state index >= 15 is 0 Å². The first-order valence-electron chi connectivity index (χ1n) is 7.90. The second-order valence-electron chi connectivity index (χ2n) is 5.62. The lowest BCUT2D eigenvalue weighted by molar-refractivity contribution is 0.159. The minimum absolute atomic E-state index is 0.349. The standard InChI is InChI=1S/C15H32N2O/c1-15-9-4-6-12-17(15)13-8-11-16-10-5-2-3-7-14-18/h15-16,18H,2-14H2,1H3. The summed E-state index contributed by atoms with van der Waals surface area (Å²) < 4.78 is 0. The summed E-state index contributed by atoms with van der Waals surface area (Å²) in [5.41, 5.74) is 0. The van der Waals surface area contributed by atoms with Crippen molar-refractivity contribution in [3.8, 4) is 0 Å². The summed E-state index contributed by atoms with van der Waals surface area (Å²) in [6, 6.07) is 0.803. The summed E-state index contributed by atoms with van der Waals surface area (Å²) >= 11 is 0. The molecule has 0 saturated carbocycles. The van der Waals surface area contributed by atoms with Crippen molar-refractivity contribution in [3.05, 3.63) is 0 Å². The van der Waals surface area contributed by atoms with E-state index in [1.54, 1.807) is 0 Å². The maximum Gasteiger partial charge on any atom is 0.0431 e.